The van der Waals surface area contributed by atoms with Gasteiger partial charge < -0.3 is 9.72 Å². The van der Waals surface area contributed by atoms with Crippen molar-refractivity contribution >= 4 is 11.0 Å². The molecule has 102 valence electrons. The van der Waals surface area contributed by atoms with E-state index < -0.39 is 0 Å². The van der Waals surface area contributed by atoms with Crippen LogP contribution < -0.4 is 10.4 Å². The predicted octanol–water partition coefficient (Wildman–Crippen LogP) is 1.58. The fourth-order valence-corrected chi connectivity index (χ4v) is 2.81. The fraction of sp³-hybridized carbons (Fsp3) is 0.133. The number of nitrogens with one attached hydrogen (secondary N) is 1. The molecule has 0 radical (unpaired) electrons. The van der Waals surface area contributed by atoms with Gasteiger partial charge in [0.25, 0.3) is 0 Å². The highest BCUT2D eigenvalue weighted by molar-refractivity contribution is 5.82. The van der Waals surface area contributed by atoms with Gasteiger partial charge in [-0.05, 0) is 18.2 Å². The third kappa shape index (κ3) is 1.58. The quantitative estimate of drug-likeness (QED) is 0.732. The molecule has 0 saturated heterocycles. The number of benzene rings is 1. The molecule has 3 aromatic rings. The normalized spacial score (nSPS) is 16.4. The van der Waals surface area contributed by atoms with Crippen molar-refractivity contribution in [2.45, 2.75) is 6.04 Å². The molecule has 1 aliphatic rings. The van der Waals surface area contributed by atoms with Gasteiger partial charge in [-0.25, -0.2) is 9.78 Å². The molecule has 1 N–H and O–H groups in total. The number of aromatic amines is 1. The van der Waals surface area contributed by atoms with Gasteiger partial charge in [0, 0.05) is 11.8 Å². The van der Waals surface area contributed by atoms with E-state index >= 15 is 0 Å². The molecule has 0 bridgehead atoms. The molecule has 1 unspecified atom stereocenters. The second kappa shape index (κ2) is 4.21. The van der Waals surface area contributed by atoms with Crippen molar-refractivity contribution in [1.29, 1.82) is 5.26 Å². The van der Waals surface area contributed by atoms with Crippen LogP contribution in [0.1, 0.15) is 17.3 Å². The lowest BCUT2D eigenvalue weighted by Crippen LogP contribution is -2.31. The lowest BCUT2D eigenvalue weighted by atomic mass is 10.0. The summed E-state index contributed by atoms with van der Waals surface area (Å²) in [6, 6.07) is 10.8. The molecule has 3 heterocycles. The highest BCUT2D eigenvalue weighted by Gasteiger charge is 2.28. The summed E-state index contributed by atoms with van der Waals surface area (Å²) in [5.74, 6) is 0.671. The first-order valence-corrected chi connectivity index (χ1v) is 6.50. The smallest absolute Gasteiger partial charge is 0.327 e. The lowest BCUT2D eigenvalue weighted by molar-refractivity contribution is 0.256. The molecule has 21 heavy (non-hydrogen) atoms. The van der Waals surface area contributed by atoms with Crippen molar-refractivity contribution in [2.24, 2.45) is 0 Å². The maximum Gasteiger partial charge on any atom is 0.327 e. The highest BCUT2D eigenvalue weighted by atomic mass is 16.5. The summed E-state index contributed by atoms with van der Waals surface area (Å²) in [6.07, 6.45) is 1.56. The molecular formula is C15H10N4O2. The maximum atomic E-state index is 12.3. The Morgan fingerprint density at radius 3 is 3.14 bits per heavy atom. The summed E-state index contributed by atoms with van der Waals surface area (Å²) in [5.41, 5.74) is 2.25. The van der Waals surface area contributed by atoms with Crippen molar-refractivity contribution in [3.63, 3.8) is 0 Å². The predicted molar refractivity (Wildman–Crippen MR) is 75.1 cm³/mol. The minimum atomic E-state index is -0.357. The summed E-state index contributed by atoms with van der Waals surface area (Å²) >= 11 is 0. The first kappa shape index (κ1) is 11.7. The van der Waals surface area contributed by atoms with Crippen molar-refractivity contribution in [1.82, 2.24) is 14.5 Å². The SMILES string of the molecule is N#Cc1ncccc1C1COc2cccc3[nH]c(=O)n1c23. The zero-order chi connectivity index (χ0) is 14.4. The molecule has 0 fully saturated rings. The molecule has 1 atom stereocenters. The monoisotopic (exact) mass is 278 g/mol. The summed E-state index contributed by atoms with van der Waals surface area (Å²) in [7, 11) is 0. The van der Waals surface area contributed by atoms with Crippen LogP contribution in [0, 0.1) is 11.3 Å². The third-order valence-electron chi connectivity index (χ3n) is 3.71. The van der Waals surface area contributed by atoms with Crippen LogP contribution in [0.4, 0.5) is 0 Å². The number of hydrogen-bond donors (Lipinski definition) is 1. The van der Waals surface area contributed by atoms with Gasteiger partial charge in [-0.2, -0.15) is 5.26 Å². The number of nitrogens with zero attached hydrogens (tertiary/aromatic N) is 3. The molecule has 2 aromatic heterocycles. The van der Waals surface area contributed by atoms with Crippen molar-refractivity contribution in [2.75, 3.05) is 6.61 Å². The molecule has 6 heteroatoms. The van der Waals surface area contributed by atoms with E-state index in [0.717, 1.165) is 11.0 Å². The minimum Gasteiger partial charge on any atom is -0.489 e. The Hall–Kier alpha value is -3.07. The second-order valence-corrected chi connectivity index (χ2v) is 4.83. The Labute approximate surface area is 119 Å². The van der Waals surface area contributed by atoms with E-state index in [-0.39, 0.29) is 11.7 Å². The standard InChI is InChI=1S/C15H10N4O2/c16-7-11-9(3-2-6-17-11)12-8-21-13-5-1-4-10-14(13)19(12)15(20)18-10/h1-6,12H,8H2,(H,18,20). The number of rotatable bonds is 1. The first-order valence-electron chi connectivity index (χ1n) is 6.50. The van der Waals surface area contributed by atoms with Crippen molar-refractivity contribution < 1.29 is 4.74 Å². The van der Waals surface area contributed by atoms with Crippen LogP contribution in [-0.4, -0.2) is 21.1 Å². The number of ether oxygens (including phenoxy) is 1. The van der Waals surface area contributed by atoms with E-state index in [2.05, 4.69) is 16.0 Å². The molecule has 1 aliphatic heterocycles. The molecule has 1 aromatic carbocycles. The van der Waals surface area contributed by atoms with Gasteiger partial charge in [-0.15, -0.1) is 0 Å². The van der Waals surface area contributed by atoms with E-state index in [9.17, 15) is 10.1 Å². The minimum absolute atomic E-state index is 0.210. The Bertz CT molecular complexity index is 948. The largest absolute Gasteiger partial charge is 0.489 e. The summed E-state index contributed by atoms with van der Waals surface area (Å²) in [4.78, 5) is 19.2. The lowest BCUT2D eigenvalue weighted by Gasteiger charge is -2.25. The Morgan fingerprint density at radius 1 is 1.38 bits per heavy atom. The Morgan fingerprint density at radius 2 is 2.29 bits per heavy atom. The average Bonchev–Trinajstić information content (AvgIpc) is 2.87. The van der Waals surface area contributed by atoms with E-state index in [4.69, 9.17) is 4.74 Å². The molecule has 0 aliphatic carbocycles. The fourth-order valence-electron chi connectivity index (χ4n) is 2.81. The summed E-state index contributed by atoms with van der Waals surface area (Å²) in [6.45, 7) is 0.296. The van der Waals surface area contributed by atoms with Crippen LogP contribution in [0.2, 0.25) is 0 Å². The topological polar surface area (TPSA) is 83.7 Å². The molecule has 6 nitrogen and oxygen atoms in total. The van der Waals surface area contributed by atoms with Gasteiger partial charge in [0.2, 0.25) is 0 Å². The Kier molecular flexibility index (Phi) is 2.35. The number of hydrogen-bond acceptors (Lipinski definition) is 4. The maximum absolute atomic E-state index is 12.3. The van der Waals surface area contributed by atoms with Crippen LogP contribution >= 0.6 is 0 Å². The highest BCUT2D eigenvalue weighted by Crippen LogP contribution is 2.33. The van der Waals surface area contributed by atoms with Gasteiger partial charge in [-0.3, -0.25) is 4.57 Å². The molecule has 0 spiro atoms. The van der Waals surface area contributed by atoms with E-state index in [1.807, 2.05) is 18.2 Å². The third-order valence-corrected chi connectivity index (χ3v) is 3.71. The number of imidazole rings is 1. The zero-order valence-corrected chi connectivity index (χ0v) is 10.9. The molecule has 0 amide bonds. The van der Waals surface area contributed by atoms with E-state index in [1.54, 1.807) is 22.9 Å². The zero-order valence-electron chi connectivity index (χ0n) is 10.9. The number of nitriles is 1. The van der Waals surface area contributed by atoms with E-state index in [1.165, 1.54) is 0 Å². The molecular weight excluding hydrogens is 268 g/mol. The summed E-state index contributed by atoms with van der Waals surface area (Å²) in [5, 5.41) is 9.21. The number of para-hydroxylation sites is 1. The van der Waals surface area contributed by atoms with Crippen LogP contribution in [-0.2, 0) is 0 Å². The summed E-state index contributed by atoms with van der Waals surface area (Å²) < 4.78 is 7.40. The van der Waals surface area contributed by atoms with Crippen molar-refractivity contribution in [3.05, 3.63) is 58.3 Å². The van der Waals surface area contributed by atoms with Gasteiger partial charge in [0.05, 0.1) is 5.52 Å². The van der Waals surface area contributed by atoms with Gasteiger partial charge in [0.15, 0.2) is 0 Å². The van der Waals surface area contributed by atoms with E-state index in [0.29, 0.717) is 23.6 Å². The van der Waals surface area contributed by atoms with Crippen LogP contribution in [0.25, 0.3) is 11.0 Å². The number of pyridine rings is 1. The molecule has 4 rings (SSSR count). The molecule has 0 saturated carbocycles. The average molecular weight is 278 g/mol. The Balaban J connectivity index is 2.02. The first-order chi connectivity index (χ1) is 10.3. The van der Waals surface area contributed by atoms with Gasteiger partial charge in [0.1, 0.15) is 35.7 Å². The van der Waals surface area contributed by atoms with Gasteiger partial charge >= 0.3 is 5.69 Å². The number of aromatic nitrogens is 3. The second-order valence-electron chi connectivity index (χ2n) is 4.83. The number of H-pyrrole nitrogens is 1. The van der Waals surface area contributed by atoms with Crippen LogP contribution in [0.15, 0.2) is 41.3 Å². The van der Waals surface area contributed by atoms with Crippen molar-refractivity contribution in [3.8, 4) is 11.8 Å². The van der Waals surface area contributed by atoms with Crippen LogP contribution in [0.5, 0.6) is 5.75 Å². The van der Waals surface area contributed by atoms with Crippen LogP contribution in [0.3, 0.4) is 0 Å². The van der Waals surface area contributed by atoms with Gasteiger partial charge in [-0.1, -0.05) is 12.1 Å².